The quantitative estimate of drug-likeness (QED) is 0.316. The third-order valence-electron chi connectivity index (χ3n) is 4.09. The van der Waals surface area contributed by atoms with E-state index in [1.807, 2.05) is 50.2 Å². The highest BCUT2D eigenvalue weighted by atomic mass is 127. The Kier molecular flexibility index (Phi) is 10.3. The van der Waals surface area contributed by atoms with Crippen molar-refractivity contribution in [2.24, 2.45) is 4.99 Å². The highest BCUT2D eigenvalue weighted by Gasteiger charge is 2.11. The van der Waals surface area contributed by atoms with Crippen LogP contribution in [0.5, 0.6) is 0 Å². The number of halogens is 2. The van der Waals surface area contributed by atoms with Gasteiger partial charge in [0.15, 0.2) is 15.8 Å². The van der Waals surface area contributed by atoms with E-state index in [9.17, 15) is 8.42 Å². The van der Waals surface area contributed by atoms with Crippen molar-refractivity contribution in [3.63, 3.8) is 0 Å². The largest absolute Gasteiger partial charge is 0.357 e. The summed E-state index contributed by atoms with van der Waals surface area (Å²) in [5, 5.41) is 7.32. The molecule has 0 saturated carbocycles. The SMILES string of the molecule is CCNC(=NCCc1ccc(S(C)(=O)=O)cc1)NC(C)c1ccccc1Cl.I. The van der Waals surface area contributed by atoms with Crippen LogP contribution in [0.15, 0.2) is 58.4 Å². The smallest absolute Gasteiger partial charge is 0.191 e. The molecule has 0 radical (unpaired) electrons. The summed E-state index contributed by atoms with van der Waals surface area (Å²) in [5.74, 6) is 0.720. The zero-order valence-corrected chi connectivity index (χ0v) is 20.2. The molecule has 0 aromatic heterocycles. The molecule has 2 N–H and O–H groups in total. The number of guanidine groups is 1. The first-order valence-corrected chi connectivity index (χ1v) is 11.2. The van der Waals surface area contributed by atoms with E-state index < -0.39 is 9.84 Å². The number of hydrogen-bond acceptors (Lipinski definition) is 3. The topological polar surface area (TPSA) is 70.6 Å². The summed E-state index contributed by atoms with van der Waals surface area (Å²) in [4.78, 5) is 4.94. The molecule has 2 aromatic rings. The molecular weight excluding hydrogens is 509 g/mol. The minimum atomic E-state index is -3.16. The fourth-order valence-corrected chi connectivity index (χ4v) is 3.56. The molecule has 0 bridgehead atoms. The second kappa shape index (κ2) is 11.6. The lowest BCUT2D eigenvalue weighted by Gasteiger charge is -2.19. The van der Waals surface area contributed by atoms with Crippen LogP contribution < -0.4 is 10.6 Å². The average Bonchev–Trinajstić information content (AvgIpc) is 2.62. The standard InChI is InChI=1S/C20H26ClN3O2S.HI/c1-4-22-20(24-15(2)18-7-5-6-8-19(18)21)23-14-13-16-9-11-17(12-10-16)27(3,25)26;/h5-12,15H,4,13-14H2,1-3H3,(H2,22,23,24);1H. The molecular formula is C20H27ClIN3O2S. The van der Waals surface area contributed by atoms with Crippen molar-refractivity contribution in [3.8, 4) is 0 Å². The van der Waals surface area contributed by atoms with Crippen molar-refractivity contribution in [2.45, 2.75) is 31.2 Å². The molecule has 1 unspecified atom stereocenters. The summed E-state index contributed by atoms with van der Waals surface area (Å²) in [6.45, 7) is 5.40. The molecule has 28 heavy (non-hydrogen) atoms. The fourth-order valence-electron chi connectivity index (χ4n) is 2.63. The Hall–Kier alpha value is -1.32. The number of hydrogen-bond donors (Lipinski definition) is 2. The Bertz CT molecular complexity index is 887. The summed E-state index contributed by atoms with van der Waals surface area (Å²) >= 11 is 6.27. The molecule has 0 saturated heterocycles. The number of nitrogens with zero attached hydrogens (tertiary/aromatic N) is 1. The van der Waals surface area contributed by atoms with Crippen LogP contribution in [-0.4, -0.2) is 33.7 Å². The van der Waals surface area contributed by atoms with Gasteiger partial charge in [-0.15, -0.1) is 24.0 Å². The molecule has 1 atom stereocenters. The highest BCUT2D eigenvalue weighted by molar-refractivity contribution is 14.0. The lowest BCUT2D eigenvalue weighted by Crippen LogP contribution is -2.39. The maximum Gasteiger partial charge on any atom is 0.191 e. The first-order valence-electron chi connectivity index (χ1n) is 8.89. The van der Waals surface area contributed by atoms with Crippen molar-refractivity contribution in [1.82, 2.24) is 10.6 Å². The summed E-state index contributed by atoms with van der Waals surface area (Å²) < 4.78 is 23.0. The van der Waals surface area contributed by atoms with E-state index in [0.29, 0.717) is 11.4 Å². The van der Waals surface area contributed by atoms with Gasteiger partial charge in [0.1, 0.15) is 0 Å². The van der Waals surface area contributed by atoms with Gasteiger partial charge in [-0.25, -0.2) is 8.42 Å². The predicted molar refractivity (Wildman–Crippen MR) is 128 cm³/mol. The minimum absolute atomic E-state index is 0. The molecule has 0 aliphatic carbocycles. The van der Waals surface area contributed by atoms with Gasteiger partial charge in [-0.2, -0.15) is 0 Å². The van der Waals surface area contributed by atoms with Crippen molar-refractivity contribution in [2.75, 3.05) is 19.3 Å². The normalized spacial score (nSPS) is 12.8. The Morgan fingerprint density at radius 1 is 1.14 bits per heavy atom. The maximum atomic E-state index is 11.5. The fraction of sp³-hybridized carbons (Fsp3) is 0.350. The number of benzene rings is 2. The summed E-state index contributed by atoms with van der Waals surface area (Å²) in [6, 6.07) is 14.7. The van der Waals surface area contributed by atoms with E-state index in [1.54, 1.807) is 12.1 Å². The highest BCUT2D eigenvalue weighted by Crippen LogP contribution is 2.21. The van der Waals surface area contributed by atoms with Crippen LogP contribution in [0.25, 0.3) is 0 Å². The second-order valence-electron chi connectivity index (χ2n) is 6.31. The molecule has 0 amide bonds. The van der Waals surface area contributed by atoms with Gasteiger partial charge in [0.05, 0.1) is 10.9 Å². The molecule has 5 nitrogen and oxygen atoms in total. The maximum absolute atomic E-state index is 11.5. The molecule has 8 heteroatoms. The lowest BCUT2D eigenvalue weighted by atomic mass is 10.1. The van der Waals surface area contributed by atoms with Crippen LogP contribution in [-0.2, 0) is 16.3 Å². The molecule has 0 heterocycles. The Labute approximate surface area is 189 Å². The van der Waals surface area contributed by atoms with Gasteiger partial charge >= 0.3 is 0 Å². The molecule has 2 aromatic carbocycles. The monoisotopic (exact) mass is 535 g/mol. The van der Waals surface area contributed by atoms with E-state index in [4.69, 9.17) is 11.6 Å². The minimum Gasteiger partial charge on any atom is -0.357 e. The van der Waals surface area contributed by atoms with Gasteiger partial charge in [-0.05, 0) is 49.6 Å². The Morgan fingerprint density at radius 3 is 2.36 bits per heavy atom. The predicted octanol–water partition coefficient (Wildman–Crippen LogP) is 4.22. The molecule has 2 rings (SSSR count). The van der Waals surface area contributed by atoms with Gasteiger partial charge in [-0.3, -0.25) is 4.99 Å². The summed E-state index contributed by atoms with van der Waals surface area (Å²) in [6.07, 6.45) is 1.93. The van der Waals surface area contributed by atoms with Gasteiger partial charge in [0, 0.05) is 24.4 Å². The van der Waals surface area contributed by atoms with Crippen molar-refractivity contribution in [1.29, 1.82) is 0 Å². The van der Waals surface area contributed by atoms with Crippen molar-refractivity contribution in [3.05, 3.63) is 64.7 Å². The van der Waals surface area contributed by atoms with Crippen LogP contribution in [0.1, 0.15) is 31.0 Å². The summed E-state index contributed by atoms with van der Waals surface area (Å²) in [5.41, 5.74) is 2.06. The van der Waals surface area contributed by atoms with E-state index in [2.05, 4.69) is 15.6 Å². The second-order valence-corrected chi connectivity index (χ2v) is 8.74. The number of rotatable bonds is 7. The van der Waals surface area contributed by atoms with Gasteiger partial charge in [-0.1, -0.05) is 41.9 Å². The molecule has 0 fully saturated rings. The van der Waals surface area contributed by atoms with Crippen LogP contribution in [0.2, 0.25) is 5.02 Å². The van der Waals surface area contributed by atoms with E-state index in [-0.39, 0.29) is 30.0 Å². The van der Waals surface area contributed by atoms with E-state index >= 15 is 0 Å². The molecule has 0 aliphatic heterocycles. The van der Waals surface area contributed by atoms with Gasteiger partial charge in [0.25, 0.3) is 0 Å². The Morgan fingerprint density at radius 2 is 1.79 bits per heavy atom. The third-order valence-corrected chi connectivity index (χ3v) is 5.56. The van der Waals surface area contributed by atoms with Crippen molar-refractivity contribution >= 4 is 51.4 Å². The number of sulfone groups is 1. The van der Waals surface area contributed by atoms with Gasteiger partial charge in [0.2, 0.25) is 0 Å². The molecule has 0 aliphatic rings. The average molecular weight is 536 g/mol. The summed E-state index contributed by atoms with van der Waals surface area (Å²) in [7, 11) is -3.16. The van der Waals surface area contributed by atoms with E-state index in [0.717, 1.165) is 35.1 Å². The first kappa shape index (κ1) is 24.7. The lowest BCUT2D eigenvalue weighted by molar-refractivity contribution is 0.602. The van der Waals surface area contributed by atoms with Crippen LogP contribution >= 0.6 is 35.6 Å². The third kappa shape index (κ3) is 7.60. The first-order chi connectivity index (χ1) is 12.8. The zero-order chi connectivity index (χ0) is 19.9. The number of aliphatic imine (C=N–C) groups is 1. The van der Waals surface area contributed by atoms with Crippen LogP contribution in [0.3, 0.4) is 0 Å². The zero-order valence-electron chi connectivity index (χ0n) is 16.3. The van der Waals surface area contributed by atoms with Gasteiger partial charge < -0.3 is 10.6 Å². The Balaban J connectivity index is 0.00000392. The van der Waals surface area contributed by atoms with Crippen LogP contribution in [0, 0.1) is 0 Å². The van der Waals surface area contributed by atoms with E-state index in [1.165, 1.54) is 6.26 Å². The molecule has 0 spiro atoms. The van der Waals surface area contributed by atoms with Crippen molar-refractivity contribution < 1.29 is 8.42 Å². The van der Waals surface area contributed by atoms with Crippen LogP contribution in [0.4, 0.5) is 0 Å². The molecule has 154 valence electrons. The number of nitrogens with one attached hydrogen (secondary N) is 2.